The Morgan fingerprint density at radius 2 is 0.929 bits per heavy atom. The van der Waals surface area contributed by atoms with Crippen LogP contribution in [0.2, 0.25) is 0 Å². The lowest BCUT2D eigenvalue weighted by Gasteiger charge is -2.10. The maximum Gasteiger partial charge on any atom is 0.271 e. The van der Waals surface area contributed by atoms with Crippen molar-refractivity contribution in [2.45, 2.75) is 0 Å². The molecule has 12 heteroatoms. The highest BCUT2D eigenvalue weighted by atomic mass is 19.1. The quantitative estimate of drug-likeness (QED) is 0.0917. The molecule has 2 aromatic heterocycles. The zero-order valence-electron chi connectivity index (χ0n) is 20.6. The SMILES string of the molecule is [C-]#[N+]/C(C#N)=C1/c2cc(F)ccc2-c2nc3c(F)c4nc5c(nc4c(F)c3nc21)/C(=C(\C#N)[N+]#[C-])c1cc(F)ccc1-5. The first-order valence-corrected chi connectivity index (χ1v) is 11.9. The highest BCUT2D eigenvalue weighted by Gasteiger charge is 2.35. The molecule has 0 aliphatic heterocycles. The summed E-state index contributed by atoms with van der Waals surface area (Å²) in [7, 11) is 0. The molecule has 0 amide bonds. The van der Waals surface area contributed by atoms with Crippen LogP contribution in [0.3, 0.4) is 0 Å². The van der Waals surface area contributed by atoms with Gasteiger partial charge in [-0.15, -0.1) is 0 Å². The van der Waals surface area contributed by atoms with E-state index in [-0.39, 0.29) is 56.2 Å². The molecule has 0 atom stereocenters. The minimum Gasteiger partial charge on any atom is -0.242 e. The van der Waals surface area contributed by atoms with Gasteiger partial charge in [0.15, 0.2) is 11.6 Å². The topological polar surface area (TPSA) is 108 Å². The molecule has 5 aromatic rings. The van der Waals surface area contributed by atoms with E-state index >= 15 is 8.78 Å². The zero-order chi connectivity index (χ0) is 29.4. The van der Waals surface area contributed by atoms with Crippen LogP contribution >= 0.6 is 0 Å². The Balaban J connectivity index is 1.61. The van der Waals surface area contributed by atoms with Crippen molar-refractivity contribution in [3.05, 3.63) is 116 Å². The number of fused-ring (bicyclic) bond motifs is 8. The third-order valence-corrected chi connectivity index (χ3v) is 7.02. The summed E-state index contributed by atoms with van der Waals surface area (Å²) in [4.78, 5) is 23.5. The average Bonchev–Trinajstić information content (AvgIpc) is 3.47. The molecule has 2 aliphatic carbocycles. The fourth-order valence-electron chi connectivity index (χ4n) is 5.30. The molecule has 0 unspecified atom stereocenters. The highest BCUT2D eigenvalue weighted by Crippen LogP contribution is 2.48. The van der Waals surface area contributed by atoms with Crippen molar-refractivity contribution in [3.63, 3.8) is 0 Å². The summed E-state index contributed by atoms with van der Waals surface area (Å²) in [6, 6.07) is 10.5. The average molecular weight is 554 g/mol. The minimum atomic E-state index is -1.15. The molecule has 0 N–H and O–H groups in total. The summed E-state index contributed by atoms with van der Waals surface area (Å²) in [6.07, 6.45) is 0. The second-order valence-corrected chi connectivity index (χ2v) is 9.14. The number of allylic oxidation sites excluding steroid dienone is 2. The normalized spacial score (nSPS) is 14.7. The maximum absolute atomic E-state index is 16.2. The number of halogens is 4. The van der Waals surface area contributed by atoms with Crippen molar-refractivity contribution in [1.29, 1.82) is 10.5 Å². The van der Waals surface area contributed by atoms with Crippen molar-refractivity contribution in [2.24, 2.45) is 0 Å². The molecule has 0 saturated heterocycles. The molecule has 7 rings (SSSR count). The monoisotopic (exact) mass is 554 g/mol. The number of nitriles is 2. The van der Waals surface area contributed by atoms with E-state index in [0.29, 0.717) is 0 Å². The van der Waals surface area contributed by atoms with Crippen LogP contribution in [0.1, 0.15) is 22.5 Å². The summed E-state index contributed by atoms with van der Waals surface area (Å²) in [5.41, 5.74) is -2.76. The van der Waals surface area contributed by atoms with E-state index in [2.05, 4.69) is 29.6 Å². The number of aromatic nitrogens is 4. The lowest BCUT2D eigenvalue weighted by Crippen LogP contribution is -2.03. The fraction of sp³-hybridized carbons (Fsp3) is 0. The molecule has 2 heterocycles. The van der Waals surface area contributed by atoms with Gasteiger partial charge in [0, 0.05) is 22.3 Å². The lowest BCUT2D eigenvalue weighted by atomic mass is 10.0. The van der Waals surface area contributed by atoms with Crippen LogP contribution in [0, 0.1) is 59.1 Å². The van der Waals surface area contributed by atoms with Crippen molar-refractivity contribution >= 4 is 33.2 Å². The van der Waals surface area contributed by atoms with E-state index in [0.717, 1.165) is 24.3 Å². The minimum absolute atomic E-state index is 0.0115. The lowest BCUT2D eigenvalue weighted by molar-refractivity contribution is 0.625. The van der Waals surface area contributed by atoms with Gasteiger partial charge in [-0.2, -0.15) is 0 Å². The van der Waals surface area contributed by atoms with E-state index < -0.39 is 56.7 Å². The van der Waals surface area contributed by atoms with E-state index in [1.54, 1.807) is 12.1 Å². The van der Waals surface area contributed by atoms with Crippen molar-refractivity contribution in [1.82, 2.24) is 19.9 Å². The largest absolute Gasteiger partial charge is 0.271 e. The van der Waals surface area contributed by atoms with Gasteiger partial charge < -0.3 is 0 Å². The summed E-state index contributed by atoms with van der Waals surface area (Å²) in [5.74, 6) is -3.59. The number of rotatable bonds is 0. The second kappa shape index (κ2) is 8.50. The summed E-state index contributed by atoms with van der Waals surface area (Å²) < 4.78 is 60.7. The van der Waals surface area contributed by atoms with Gasteiger partial charge in [-0.1, -0.05) is 0 Å². The van der Waals surface area contributed by atoms with Crippen molar-refractivity contribution < 1.29 is 17.6 Å². The molecular weight excluding hydrogens is 548 g/mol. The number of nitrogens with zero attached hydrogens (tertiary/aromatic N) is 8. The first-order valence-electron chi connectivity index (χ1n) is 11.9. The smallest absolute Gasteiger partial charge is 0.242 e. The van der Waals surface area contributed by atoms with Crippen LogP contribution in [0.4, 0.5) is 17.6 Å². The standard InChI is InChI=1S/C30H6F4N8/c1-37-17(9-35)19-15-7-11(31)3-5-13(15)23-25(19)41-29-22(34)30-28(21(33)27(29)39-23)40-24-14-6-4-12(32)8-16(14)20(26(24)42-30)18(10-36)38-2/h3-8H/b19-17-,20-18+. The summed E-state index contributed by atoms with van der Waals surface area (Å²) in [5, 5.41) is 19.1. The maximum atomic E-state index is 16.2. The Morgan fingerprint density at radius 1 is 0.571 bits per heavy atom. The predicted octanol–water partition coefficient (Wildman–Crippen LogP) is 6.49. The van der Waals surface area contributed by atoms with Crippen LogP contribution in [-0.2, 0) is 0 Å². The molecule has 0 spiro atoms. The van der Waals surface area contributed by atoms with Gasteiger partial charge in [-0.05, 0) is 47.5 Å². The highest BCUT2D eigenvalue weighted by molar-refractivity contribution is 6.06. The molecular formula is C30H6F4N8. The van der Waals surface area contributed by atoms with Crippen LogP contribution < -0.4 is 0 Å². The van der Waals surface area contributed by atoms with Gasteiger partial charge in [-0.3, -0.25) is 0 Å². The van der Waals surface area contributed by atoms with Gasteiger partial charge >= 0.3 is 0 Å². The van der Waals surface area contributed by atoms with E-state index in [9.17, 15) is 19.3 Å². The fourth-order valence-corrected chi connectivity index (χ4v) is 5.30. The first-order chi connectivity index (χ1) is 20.3. The number of hydrogen-bond acceptors (Lipinski definition) is 6. The zero-order valence-corrected chi connectivity index (χ0v) is 20.6. The Bertz CT molecular complexity index is 2200. The third-order valence-electron chi connectivity index (χ3n) is 7.02. The molecule has 2 aliphatic rings. The van der Waals surface area contributed by atoms with Gasteiger partial charge in [0.25, 0.3) is 11.4 Å². The molecule has 0 bridgehead atoms. The van der Waals surface area contributed by atoms with Gasteiger partial charge in [0.2, 0.25) is 0 Å². The van der Waals surface area contributed by atoms with Crippen LogP contribution in [-0.4, -0.2) is 19.9 Å². The van der Waals surface area contributed by atoms with Crippen LogP contribution in [0.15, 0.2) is 47.8 Å². The summed E-state index contributed by atoms with van der Waals surface area (Å²) >= 11 is 0. The second-order valence-electron chi connectivity index (χ2n) is 9.14. The first kappa shape index (κ1) is 24.5. The molecule has 3 aromatic carbocycles. The van der Waals surface area contributed by atoms with Gasteiger partial charge in [0.05, 0.1) is 48.1 Å². The van der Waals surface area contributed by atoms with Crippen LogP contribution in [0.5, 0.6) is 0 Å². The Morgan fingerprint density at radius 3 is 1.26 bits per heavy atom. The van der Waals surface area contributed by atoms with E-state index in [4.69, 9.17) is 13.1 Å². The predicted molar refractivity (Wildman–Crippen MR) is 140 cm³/mol. The Labute approximate surface area is 232 Å². The summed E-state index contributed by atoms with van der Waals surface area (Å²) in [6.45, 7) is 14.8. The Kier molecular flexibility index (Phi) is 4.96. The van der Waals surface area contributed by atoms with E-state index in [1.807, 2.05) is 0 Å². The molecule has 8 nitrogen and oxygen atoms in total. The Hall–Kier alpha value is -6.50. The van der Waals surface area contributed by atoms with Gasteiger partial charge in [-0.25, -0.2) is 57.7 Å². The van der Waals surface area contributed by atoms with E-state index in [1.165, 1.54) is 12.1 Å². The molecule has 42 heavy (non-hydrogen) atoms. The molecule has 0 radical (unpaired) electrons. The molecule has 0 fully saturated rings. The van der Waals surface area contributed by atoms with Gasteiger partial charge in [0.1, 0.15) is 33.7 Å². The van der Waals surface area contributed by atoms with Crippen LogP contribution in [0.25, 0.3) is 65.4 Å². The number of benzene rings is 3. The molecule has 194 valence electrons. The van der Waals surface area contributed by atoms with Crippen molar-refractivity contribution in [2.75, 3.05) is 0 Å². The third kappa shape index (κ3) is 3.06. The number of hydrogen-bond donors (Lipinski definition) is 0. The molecule has 0 saturated carbocycles. The van der Waals surface area contributed by atoms with Crippen molar-refractivity contribution in [3.8, 4) is 34.7 Å².